The molecule has 0 bridgehead atoms. The first-order chi connectivity index (χ1) is 6.03. The van der Waals surface area contributed by atoms with Gasteiger partial charge in [0.2, 0.25) is 0 Å². The van der Waals surface area contributed by atoms with Crippen LogP contribution in [0.15, 0.2) is 12.4 Å². The summed E-state index contributed by atoms with van der Waals surface area (Å²) < 4.78 is 0. The lowest BCUT2D eigenvalue weighted by atomic mass is 10.1. The fourth-order valence-corrected chi connectivity index (χ4v) is 1.81. The van der Waals surface area contributed by atoms with Gasteiger partial charge in [-0.15, -0.1) is 0 Å². The minimum absolute atomic E-state index is 0.198. The highest BCUT2D eigenvalue weighted by molar-refractivity contribution is 5.27. The molecule has 0 amide bonds. The Morgan fingerprint density at radius 1 is 1.31 bits per heavy atom. The largest absolute Gasteiger partial charge is 0.327 e. The van der Waals surface area contributed by atoms with E-state index in [0.717, 1.165) is 11.4 Å². The summed E-state index contributed by atoms with van der Waals surface area (Å²) in [6.07, 6.45) is 3.64. The fourth-order valence-electron chi connectivity index (χ4n) is 1.81. The van der Waals surface area contributed by atoms with Crippen LogP contribution in [0.3, 0.4) is 0 Å². The Bertz CT molecular complexity index is 315. The maximum atomic E-state index is 5.95. The van der Waals surface area contributed by atoms with Crippen LogP contribution in [0, 0.1) is 12.3 Å². The number of aryl methyl sites for hydroxylation is 1. The molecule has 13 heavy (non-hydrogen) atoms. The molecule has 1 saturated carbocycles. The Morgan fingerprint density at radius 2 is 1.92 bits per heavy atom. The van der Waals surface area contributed by atoms with Crippen LogP contribution < -0.4 is 5.73 Å². The van der Waals surface area contributed by atoms with Crippen molar-refractivity contribution in [2.45, 2.75) is 32.7 Å². The molecule has 2 rings (SSSR count). The van der Waals surface area contributed by atoms with Gasteiger partial charge in [0.1, 0.15) is 0 Å². The molecule has 0 aliphatic heterocycles. The first-order valence-corrected chi connectivity index (χ1v) is 4.57. The molecular formula is C10H15N3. The zero-order valence-corrected chi connectivity index (χ0v) is 8.28. The smallest absolute Gasteiger partial charge is 0.0639 e. The maximum absolute atomic E-state index is 5.95. The van der Waals surface area contributed by atoms with Crippen molar-refractivity contribution in [2.75, 3.05) is 0 Å². The second kappa shape index (κ2) is 2.51. The van der Waals surface area contributed by atoms with Crippen LogP contribution in [-0.2, 0) is 0 Å². The Labute approximate surface area is 78.4 Å². The predicted molar refractivity (Wildman–Crippen MR) is 51.3 cm³/mol. The topological polar surface area (TPSA) is 51.8 Å². The van der Waals surface area contributed by atoms with Crippen LogP contribution in [0.2, 0.25) is 0 Å². The van der Waals surface area contributed by atoms with Crippen LogP contribution >= 0.6 is 0 Å². The van der Waals surface area contributed by atoms with Gasteiger partial charge in [0.25, 0.3) is 0 Å². The molecule has 0 saturated heterocycles. The van der Waals surface area contributed by atoms with Gasteiger partial charge in [-0.1, -0.05) is 13.8 Å². The number of nitrogens with zero attached hydrogens (tertiary/aromatic N) is 2. The van der Waals surface area contributed by atoms with Crippen LogP contribution in [0.4, 0.5) is 0 Å². The third kappa shape index (κ3) is 1.23. The quantitative estimate of drug-likeness (QED) is 0.702. The van der Waals surface area contributed by atoms with E-state index in [1.54, 1.807) is 6.20 Å². The molecular weight excluding hydrogens is 162 g/mol. The van der Waals surface area contributed by atoms with Crippen molar-refractivity contribution in [1.82, 2.24) is 9.97 Å². The van der Waals surface area contributed by atoms with E-state index in [-0.39, 0.29) is 11.5 Å². The molecule has 0 spiro atoms. The van der Waals surface area contributed by atoms with Crippen molar-refractivity contribution in [3.63, 3.8) is 0 Å². The highest BCUT2D eigenvalue weighted by Gasteiger charge is 2.57. The van der Waals surface area contributed by atoms with E-state index in [1.807, 2.05) is 13.1 Å². The molecule has 1 fully saturated rings. The van der Waals surface area contributed by atoms with Gasteiger partial charge in [0, 0.05) is 24.4 Å². The number of nitrogens with two attached hydrogens (primary N) is 1. The van der Waals surface area contributed by atoms with E-state index in [4.69, 9.17) is 5.73 Å². The van der Waals surface area contributed by atoms with Gasteiger partial charge in [-0.25, -0.2) is 0 Å². The summed E-state index contributed by atoms with van der Waals surface area (Å²) in [5.41, 5.74) is 8.13. The molecule has 3 nitrogen and oxygen atoms in total. The Balaban J connectivity index is 2.25. The summed E-state index contributed by atoms with van der Waals surface area (Å²) in [5.74, 6) is 0.389. The standard InChI is InChI=1S/C10H15N3/c1-6-4-13-7(5-12-6)8-9(11)10(8,2)3/h4-5,8-9H,11H2,1-3H3/t8-,9-/m0/s1. The molecule has 3 heteroatoms. The van der Waals surface area contributed by atoms with Gasteiger partial charge in [0.15, 0.2) is 0 Å². The van der Waals surface area contributed by atoms with E-state index in [0.29, 0.717) is 5.92 Å². The minimum Gasteiger partial charge on any atom is -0.327 e. The Kier molecular flexibility index (Phi) is 1.67. The molecule has 0 unspecified atom stereocenters. The summed E-state index contributed by atoms with van der Waals surface area (Å²) in [4.78, 5) is 8.57. The number of hydrogen-bond donors (Lipinski definition) is 1. The molecule has 0 radical (unpaired) electrons. The van der Waals surface area contributed by atoms with Crippen LogP contribution in [0.25, 0.3) is 0 Å². The van der Waals surface area contributed by atoms with E-state index >= 15 is 0 Å². The van der Waals surface area contributed by atoms with Gasteiger partial charge in [-0.3, -0.25) is 9.97 Å². The highest BCUT2D eigenvalue weighted by Crippen LogP contribution is 2.56. The molecule has 1 aromatic heterocycles. The van der Waals surface area contributed by atoms with Crippen LogP contribution in [-0.4, -0.2) is 16.0 Å². The first kappa shape index (κ1) is 8.63. The Hall–Kier alpha value is -0.960. The zero-order valence-electron chi connectivity index (χ0n) is 8.28. The first-order valence-electron chi connectivity index (χ1n) is 4.57. The summed E-state index contributed by atoms with van der Waals surface area (Å²) in [5, 5.41) is 0. The number of hydrogen-bond acceptors (Lipinski definition) is 3. The average molecular weight is 177 g/mol. The molecule has 1 heterocycles. The summed E-state index contributed by atoms with van der Waals surface area (Å²) >= 11 is 0. The van der Waals surface area contributed by atoms with Gasteiger partial charge in [-0.05, 0) is 12.3 Å². The van der Waals surface area contributed by atoms with Gasteiger partial charge >= 0.3 is 0 Å². The summed E-state index contributed by atoms with van der Waals surface area (Å²) in [6.45, 7) is 6.28. The second-order valence-electron chi connectivity index (χ2n) is 4.41. The van der Waals surface area contributed by atoms with E-state index < -0.39 is 0 Å². The molecule has 1 aliphatic carbocycles. The van der Waals surface area contributed by atoms with Crippen molar-refractivity contribution < 1.29 is 0 Å². The van der Waals surface area contributed by atoms with Crippen molar-refractivity contribution in [3.8, 4) is 0 Å². The van der Waals surface area contributed by atoms with Gasteiger partial charge in [0.05, 0.1) is 11.4 Å². The predicted octanol–water partition coefficient (Wildman–Crippen LogP) is 1.24. The fraction of sp³-hybridized carbons (Fsp3) is 0.600. The zero-order chi connectivity index (χ0) is 9.64. The lowest BCUT2D eigenvalue weighted by molar-refractivity contribution is 0.594. The minimum atomic E-state index is 0.198. The Morgan fingerprint density at radius 3 is 2.31 bits per heavy atom. The third-order valence-electron chi connectivity index (χ3n) is 3.03. The molecule has 2 N–H and O–H groups in total. The summed E-state index contributed by atoms with van der Waals surface area (Å²) in [7, 11) is 0. The lowest BCUT2D eigenvalue weighted by Crippen LogP contribution is -2.06. The van der Waals surface area contributed by atoms with Crippen molar-refractivity contribution in [3.05, 3.63) is 23.8 Å². The molecule has 1 aromatic rings. The normalized spacial score (nSPS) is 30.2. The van der Waals surface area contributed by atoms with E-state index in [9.17, 15) is 0 Å². The summed E-state index contributed by atoms with van der Waals surface area (Å²) in [6, 6.07) is 0.240. The molecule has 0 aromatic carbocycles. The van der Waals surface area contributed by atoms with Crippen molar-refractivity contribution in [2.24, 2.45) is 11.1 Å². The number of rotatable bonds is 1. The molecule has 70 valence electrons. The molecule has 1 aliphatic rings. The van der Waals surface area contributed by atoms with Crippen molar-refractivity contribution in [1.29, 1.82) is 0 Å². The van der Waals surface area contributed by atoms with E-state index in [2.05, 4.69) is 23.8 Å². The number of aromatic nitrogens is 2. The van der Waals surface area contributed by atoms with Gasteiger partial charge < -0.3 is 5.73 Å². The van der Waals surface area contributed by atoms with E-state index in [1.165, 1.54) is 0 Å². The van der Waals surface area contributed by atoms with Crippen LogP contribution in [0.5, 0.6) is 0 Å². The van der Waals surface area contributed by atoms with Gasteiger partial charge in [-0.2, -0.15) is 0 Å². The third-order valence-corrected chi connectivity index (χ3v) is 3.03. The molecule has 2 atom stereocenters. The monoisotopic (exact) mass is 177 g/mol. The maximum Gasteiger partial charge on any atom is 0.0639 e. The average Bonchev–Trinajstić information content (AvgIpc) is 2.55. The highest BCUT2D eigenvalue weighted by atomic mass is 14.9. The second-order valence-corrected chi connectivity index (χ2v) is 4.41. The lowest BCUT2D eigenvalue weighted by Gasteiger charge is -2.00. The van der Waals surface area contributed by atoms with Crippen molar-refractivity contribution >= 4 is 0 Å². The SMILES string of the molecule is Cc1cnc([C@H]2[C@H](N)C2(C)C)cn1. The van der Waals surface area contributed by atoms with Crippen LogP contribution in [0.1, 0.15) is 31.2 Å².